The van der Waals surface area contributed by atoms with Gasteiger partial charge in [0.25, 0.3) is 0 Å². The minimum atomic E-state index is -5.40. The van der Waals surface area contributed by atoms with Gasteiger partial charge in [0.05, 0.1) is 23.1 Å². The first-order valence-corrected chi connectivity index (χ1v) is 10.4. The molecule has 0 spiro atoms. The van der Waals surface area contributed by atoms with Gasteiger partial charge in [-0.15, -0.1) is 0 Å². The van der Waals surface area contributed by atoms with E-state index in [9.17, 15) is 40.3 Å². The van der Waals surface area contributed by atoms with Crippen LogP contribution < -0.4 is 19.4 Å². The normalized spacial score (nSPS) is 14.3. The first kappa shape index (κ1) is 25.8. The van der Waals surface area contributed by atoms with E-state index in [0.29, 0.717) is 11.0 Å². The number of ether oxygens (including phenoxy) is 1. The second-order valence-corrected chi connectivity index (χ2v) is 7.81. The molecule has 3 amide bonds. The third-order valence-corrected chi connectivity index (χ3v) is 5.47. The van der Waals surface area contributed by atoms with Crippen LogP contribution in [-0.4, -0.2) is 42.5 Å². The highest BCUT2D eigenvalue weighted by atomic mass is 19.4. The Hall–Kier alpha value is -4.30. The number of H-pyrrole nitrogens is 1. The number of nitrogens with one attached hydrogen (secondary N) is 1. The van der Waals surface area contributed by atoms with Gasteiger partial charge in [-0.05, 0) is 36.4 Å². The zero-order valence-corrected chi connectivity index (χ0v) is 18.7. The molecule has 1 saturated heterocycles. The monoisotopic (exact) mass is 531 g/mol. The van der Waals surface area contributed by atoms with Crippen LogP contribution in [-0.2, 0) is 12.4 Å². The fourth-order valence-corrected chi connectivity index (χ4v) is 3.61. The van der Waals surface area contributed by atoms with Crippen molar-refractivity contribution in [2.24, 2.45) is 0 Å². The Bertz CT molecular complexity index is 1310. The minimum absolute atomic E-state index is 0.0248. The number of aromatic amines is 1. The molecule has 0 aliphatic carbocycles. The fourth-order valence-electron chi connectivity index (χ4n) is 3.61. The maximum absolute atomic E-state index is 14.0. The van der Waals surface area contributed by atoms with E-state index in [-0.39, 0.29) is 30.5 Å². The number of rotatable bonds is 4. The highest BCUT2D eigenvalue weighted by Gasteiger charge is 2.44. The lowest BCUT2D eigenvalue weighted by Crippen LogP contribution is -2.34. The van der Waals surface area contributed by atoms with Gasteiger partial charge in [-0.1, -0.05) is 0 Å². The third-order valence-electron chi connectivity index (χ3n) is 5.47. The number of carbonyl (C=O) groups excluding carboxylic acids is 2. The SMILES string of the molecule is CN(C(=O)Oc1c(N2CCN(c3cn[nH]c3)C2=O)cc(C(F)(F)F)cc1C(F)(F)F)c1ccc(F)cc1. The molecule has 0 saturated carbocycles. The number of halogens is 7. The smallest absolute Gasteiger partial charge is 0.407 e. The zero-order valence-electron chi connectivity index (χ0n) is 18.7. The van der Waals surface area contributed by atoms with Crippen molar-refractivity contribution in [2.75, 3.05) is 34.8 Å². The summed E-state index contributed by atoms with van der Waals surface area (Å²) in [7, 11) is 1.11. The van der Waals surface area contributed by atoms with Crippen molar-refractivity contribution < 1.29 is 45.1 Å². The lowest BCUT2D eigenvalue weighted by Gasteiger charge is -2.26. The zero-order chi connectivity index (χ0) is 27.1. The molecule has 15 heteroatoms. The van der Waals surface area contributed by atoms with Gasteiger partial charge < -0.3 is 4.74 Å². The number of hydrogen-bond acceptors (Lipinski definition) is 4. The van der Waals surface area contributed by atoms with Crippen molar-refractivity contribution >= 4 is 29.2 Å². The van der Waals surface area contributed by atoms with Crippen LogP contribution in [0.2, 0.25) is 0 Å². The number of nitrogens with zero attached hydrogens (tertiary/aromatic N) is 4. The number of hydrogen-bond donors (Lipinski definition) is 1. The van der Waals surface area contributed by atoms with Gasteiger partial charge in [0.1, 0.15) is 11.4 Å². The largest absolute Gasteiger partial charge is 0.420 e. The van der Waals surface area contributed by atoms with E-state index in [1.165, 1.54) is 12.4 Å². The number of aromatic nitrogens is 2. The summed E-state index contributed by atoms with van der Waals surface area (Å²) in [5.41, 5.74) is -4.26. The molecule has 0 unspecified atom stereocenters. The Labute approximate surface area is 203 Å². The average molecular weight is 531 g/mol. The van der Waals surface area contributed by atoms with Crippen molar-refractivity contribution in [1.29, 1.82) is 0 Å². The molecule has 37 heavy (non-hydrogen) atoms. The Morgan fingerprint density at radius 1 is 1.03 bits per heavy atom. The molecule has 8 nitrogen and oxygen atoms in total. The van der Waals surface area contributed by atoms with Crippen LogP contribution in [0, 0.1) is 5.82 Å². The molecule has 1 fully saturated rings. The number of anilines is 3. The summed E-state index contributed by atoms with van der Waals surface area (Å²) in [6.07, 6.45) is -9.47. The second-order valence-electron chi connectivity index (χ2n) is 7.81. The van der Waals surface area contributed by atoms with Gasteiger partial charge >= 0.3 is 24.5 Å². The van der Waals surface area contributed by atoms with Gasteiger partial charge in [-0.25, -0.2) is 14.0 Å². The summed E-state index contributed by atoms with van der Waals surface area (Å²) >= 11 is 0. The molecule has 3 aromatic rings. The van der Waals surface area contributed by atoms with Crippen molar-refractivity contribution in [3.63, 3.8) is 0 Å². The van der Waals surface area contributed by atoms with Gasteiger partial charge in [0, 0.05) is 32.0 Å². The molecule has 0 bridgehead atoms. The van der Waals surface area contributed by atoms with E-state index in [0.717, 1.165) is 41.1 Å². The Balaban J connectivity index is 1.81. The number of amides is 3. The Morgan fingerprint density at radius 3 is 2.24 bits per heavy atom. The minimum Gasteiger partial charge on any atom is -0.407 e. The highest BCUT2D eigenvalue weighted by Crippen LogP contribution is 2.47. The van der Waals surface area contributed by atoms with E-state index >= 15 is 0 Å². The predicted molar refractivity (Wildman–Crippen MR) is 116 cm³/mol. The summed E-state index contributed by atoms with van der Waals surface area (Å²) in [6.45, 7) is -0.417. The lowest BCUT2D eigenvalue weighted by molar-refractivity contribution is -0.143. The highest BCUT2D eigenvalue weighted by molar-refractivity contribution is 6.07. The second kappa shape index (κ2) is 9.29. The number of carbonyl (C=O) groups is 2. The number of urea groups is 1. The van der Waals surface area contributed by atoms with Crippen LogP contribution in [0.5, 0.6) is 5.75 Å². The molecule has 4 rings (SSSR count). The van der Waals surface area contributed by atoms with E-state index < -0.39 is 52.9 Å². The van der Waals surface area contributed by atoms with Crippen molar-refractivity contribution in [3.8, 4) is 5.75 Å². The molecule has 0 atom stereocenters. The van der Waals surface area contributed by atoms with Crippen LogP contribution in [0.15, 0.2) is 48.8 Å². The van der Waals surface area contributed by atoms with E-state index in [4.69, 9.17) is 4.74 Å². The third kappa shape index (κ3) is 5.15. The van der Waals surface area contributed by atoms with Crippen LogP contribution in [0.3, 0.4) is 0 Å². The molecular formula is C22H16F7N5O3. The number of alkyl halides is 6. The lowest BCUT2D eigenvalue weighted by atomic mass is 10.1. The van der Waals surface area contributed by atoms with Crippen LogP contribution in [0.1, 0.15) is 11.1 Å². The van der Waals surface area contributed by atoms with Crippen molar-refractivity contribution in [1.82, 2.24) is 10.2 Å². The summed E-state index contributed by atoms with van der Waals surface area (Å²) < 4.78 is 101. The maximum Gasteiger partial charge on any atom is 0.420 e. The molecule has 2 heterocycles. The average Bonchev–Trinajstić information content (AvgIpc) is 3.47. The maximum atomic E-state index is 14.0. The summed E-state index contributed by atoms with van der Waals surface area (Å²) in [6, 6.07) is 3.40. The standard InChI is InChI=1S/C22H16F7N5O3/c1-32(14-4-2-13(23)3-5-14)20(36)37-18-16(22(27,28)29)8-12(21(24,25)26)9-17(18)34-7-6-33(19(34)35)15-10-30-31-11-15/h2-5,8-11H,6-7H2,1H3,(H,30,31). The van der Waals surface area contributed by atoms with Gasteiger partial charge in [0.2, 0.25) is 0 Å². The molecule has 1 aliphatic rings. The van der Waals surface area contributed by atoms with Crippen LogP contribution in [0.4, 0.5) is 57.4 Å². The summed E-state index contributed by atoms with van der Waals surface area (Å²) in [4.78, 5) is 28.2. The van der Waals surface area contributed by atoms with E-state index in [1.807, 2.05) is 0 Å². The van der Waals surface area contributed by atoms with Crippen molar-refractivity contribution in [2.45, 2.75) is 12.4 Å². The molecule has 1 aromatic heterocycles. The first-order valence-electron chi connectivity index (χ1n) is 10.4. The van der Waals surface area contributed by atoms with Crippen LogP contribution in [0.25, 0.3) is 0 Å². The molecule has 2 aromatic carbocycles. The molecule has 0 radical (unpaired) electrons. The number of benzene rings is 2. The van der Waals surface area contributed by atoms with Crippen molar-refractivity contribution in [3.05, 3.63) is 65.7 Å². The molecule has 1 N–H and O–H groups in total. The van der Waals surface area contributed by atoms with Crippen LogP contribution >= 0.6 is 0 Å². The van der Waals surface area contributed by atoms with Gasteiger partial charge in [-0.3, -0.25) is 19.8 Å². The van der Waals surface area contributed by atoms with Gasteiger partial charge in [0.15, 0.2) is 5.75 Å². The quantitative estimate of drug-likeness (QED) is 0.440. The molecule has 1 aliphatic heterocycles. The molecular weight excluding hydrogens is 515 g/mol. The summed E-state index contributed by atoms with van der Waals surface area (Å²) in [5, 5.41) is 6.12. The topological polar surface area (TPSA) is 81.8 Å². The first-order chi connectivity index (χ1) is 17.3. The Morgan fingerprint density at radius 2 is 1.68 bits per heavy atom. The molecule has 196 valence electrons. The Kier molecular flexibility index (Phi) is 6.48. The van der Waals surface area contributed by atoms with Gasteiger partial charge in [-0.2, -0.15) is 31.4 Å². The van der Waals surface area contributed by atoms with E-state index in [1.54, 1.807) is 0 Å². The fraction of sp³-hybridized carbons (Fsp3) is 0.227. The predicted octanol–water partition coefficient (Wildman–Crippen LogP) is 5.67. The summed E-state index contributed by atoms with van der Waals surface area (Å²) in [5.74, 6) is -1.94. The van der Waals surface area contributed by atoms with E-state index in [2.05, 4.69) is 10.2 Å².